The number of benzene rings is 1. The number of thiophene rings is 1. The number of amides is 1. The van der Waals surface area contributed by atoms with Gasteiger partial charge in [0.25, 0.3) is 5.24 Å². The fourth-order valence-corrected chi connectivity index (χ4v) is 2.58. The Balaban J connectivity index is 1.84. The first kappa shape index (κ1) is 13.2. The van der Waals surface area contributed by atoms with Crippen molar-refractivity contribution in [2.45, 2.75) is 4.90 Å². The first-order valence-corrected chi connectivity index (χ1v) is 7.30. The highest BCUT2D eigenvalue weighted by Crippen LogP contribution is 2.20. The van der Waals surface area contributed by atoms with E-state index in [1.165, 1.54) is 0 Å². The average Bonchev–Trinajstić information content (AvgIpc) is 2.85. The first-order valence-electron chi connectivity index (χ1n) is 5.17. The lowest BCUT2D eigenvalue weighted by molar-refractivity contribution is 0.263. The van der Waals surface area contributed by atoms with Gasteiger partial charge in [-0.15, -0.1) is 0 Å². The van der Waals surface area contributed by atoms with E-state index in [1.54, 1.807) is 29.7 Å². The Morgan fingerprint density at radius 2 is 2.06 bits per heavy atom. The van der Waals surface area contributed by atoms with Gasteiger partial charge in [0.1, 0.15) is 0 Å². The van der Waals surface area contributed by atoms with Crippen molar-refractivity contribution in [3.8, 4) is 0 Å². The monoisotopic (exact) mass is 295 g/mol. The number of carbonyl (C=O) groups is 1. The molecule has 0 saturated carbocycles. The summed E-state index contributed by atoms with van der Waals surface area (Å²) in [5.41, 5.74) is 1.08. The van der Waals surface area contributed by atoms with E-state index in [0.717, 1.165) is 22.2 Å². The number of thioether (sulfide) groups is 1. The molecular weight excluding hydrogens is 286 g/mol. The Bertz CT molecular complexity index is 535. The summed E-state index contributed by atoms with van der Waals surface area (Å²) in [6.07, 6.45) is 3.50. The highest BCUT2D eigenvalue weighted by atomic mass is 35.5. The average molecular weight is 296 g/mol. The zero-order valence-corrected chi connectivity index (χ0v) is 11.7. The summed E-state index contributed by atoms with van der Waals surface area (Å²) in [7, 11) is 0. The number of hydrogen-bond acceptors (Lipinski definition) is 3. The largest absolute Gasteiger partial charge is 0.323 e. The van der Waals surface area contributed by atoms with Gasteiger partial charge in [0.05, 0.1) is 0 Å². The van der Waals surface area contributed by atoms with Gasteiger partial charge in [0, 0.05) is 16.1 Å². The van der Waals surface area contributed by atoms with Crippen molar-refractivity contribution in [2.75, 3.05) is 0 Å². The summed E-state index contributed by atoms with van der Waals surface area (Å²) in [6.45, 7) is 0. The van der Waals surface area contributed by atoms with Crippen LogP contribution >= 0.6 is 34.7 Å². The third-order valence-corrected chi connectivity index (χ3v) is 3.81. The summed E-state index contributed by atoms with van der Waals surface area (Å²) in [4.78, 5) is 12.5. The zero-order chi connectivity index (χ0) is 12.8. The number of halogens is 1. The summed E-state index contributed by atoms with van der Waals surface area (Å²) in [6, 6.07) is 9.14. The van der Waals surface area contributed by atoms with Gasteiger partial charge in [-0.3, -0.25) is 4.79 Å². The zero-order valence-electron chi connectivity index (χ0n) is 9.30. The molecule has 0 saturated heterocycles. The predicted molar refractivity (Wildman–Crippen MR) is 79.2 cm³/mol. The van der Waals surface area contributed by atoms with Crippen molar-refractivity contribution < 1.29 is 4.79 Å². The van der Waals surface area contributed by atoms with Gasteiger partial charge in [0.15, 0.2) is 0 Å². The highest BCUT2D eigenvalue weighted by Gasteiger charge is 2.01. The highest BCUT2D eigenvalue weighted by molar-refractivity contribution is 8.13. The van der Waals surface area contributed by atoms with Crippen LogP contribution in [0.2, 0.25) is 5.02 Å². The van der Waals surface area contributed by atoms with Gasteiger partial charge < -0.3 is 5.32 Å². The van der Waals surface area contributed by atoms with Gasteiger partial charge >= 0.3 is 0 Å². The number of hydrogen-bond donors (Lipinski definition) is 1. The van der Waals surface area contributed by atoms with Crippen LogP contribution in [0, 0.1) is 0 Å². The standard InChI is InChI=1S/C13H10ClNOS2/c14-11-1-3-12(4-2-11)18-13(16)15-7-5-10-6-8-17-9-10/h1-9H,(H,15,16). The predicted octanol–water partition coefficient (Wildman–Crippen LogP) is 4.87. The van der Waals surface area contributed by atoms with Gasteiger partial charge in [0.2, 0.25) is 0 Å². The SMILES string of the molecule is O=C(NC=Cc1ccsc1)Sc1ccc(Cl)cc1. The Hall–Kier alpha value is -1.23. The van der Waals surface area contributed by atoms with Crippen LogP contribution in [0.25, 0.3) is 6.08 Å². The molecule has 1 N–H and O–H groups in total. The second kappa shape index (κ2) is 6.64. The maximum atomic E-state index is 11.6. The van der Waals surface area contributed by atoms with E-state index in [2.05, 4.69) is 5.32 Å². The normalized spacial score (nSPS) is 10.7. The van der Waals surface area contributed by atoms with E-state index in [-0.39, 0.29) is 5.24 Å². The van der Waals surface area contributed by atoms with E-state index in [4.69, 9.17) is 11.6 Å². The van der Waals surface area contributed by atoms with Crippen LogP contribution in [0.15, 0.2) is 52.2 Å². The van der Waals surface area contributed by atoms with Crippen LogP contribution in [-0.4, -0.2) is 5.24 Å². The Morgan fingerprint density at radius 1 is 1.28 bits per heavy atom. The lowest BCUT2D eigenvalue weighted by Crippen LogP contribution is -2.09. The maximum Gasteiger partial charge on any atom is 0.287 e. The van der Waals surface area contributed by atoms with Crippen molar-refractivity contribution >= 4 is 46.0 Å². The minimum Gasteiger partial charge on any atom is -0.323 e. The second-order valence-electron chi connectivity index (χ2n) is 3.38. The van der Waals surface area contributed by atoms with Crippen LogP contribution in [0.4, 0.5) is 4.79 Å². The van der Waals surface area contributed by atoms with Gasteiger partial charge in [-0.05, 0) is 64.5 Å². The molecule has 0 fully saturated rings. The molecule has 1 aromatic carbocycles. The second-order valence-corrected chi connectivity index (χ2v) is 5.64. The van der Waals surface area contributed by atoms with Crippen LogP contribution in [-0.2, 0) is 0 Å². The van der Waals surface area contributed by atoms with Crippen molar-refractivity contribution in [1.82, 2.24) is 5.32 Å². The van der Waals surface area contributed by atoms with Gasteiger partial charge in [-0.1, -0.05) is 11.6 Å². The molecule has 0 aliphatic heterocycles. The van der Waals surface area contributed by atoms with Crippen molar-refractivity contribution in [2.24, 2.45) is 0 Å². The molecule has 1 aromatic heterocycles. The smallest absolute Gasteiger partial charge is 0.287 e. The molecule has 5 heteroatoms. The molecule has 0 atom stereocenters. The minimum atomic E-state index is -0.121. The Kier molecular flexibility index (Phi) is 4.87. The van der Waals surface area contributed by atoms with Gasteiger partial charge in [-0.25, -0.2) is 0 Å². The molecule has 0 aliphatic carbocycles. The van der Waals surface area contributed by atoms with E-state index < -0.39 is 0 Å². The van der Waals surface area contributed by atoms with Crippen LogP contribution < -0.4 is 5.32 Å². The molecule has 1 heterocycles. The van der Waals surface area contributed by atoms with E-state index in [0.29, 0.717) is 5.02 Å². The molecule has 2 aromatic rings. The third-order valence-electron chi connectivity index (χ3n) is 2.04. The molecule has 1 amide bonds. The fraction of sp³-hybridized carbons (Fsp3) is 0. The topological polar surface area (TPSA) is 29.1 Å². The summed E-state index contributed by atoms with van der Waals surface area (Å²) < 4.78 is 0. The molecule has 2 rings (SSSR count). The molecule has 92 valence electrons. The van der Waals surface area contributed by atoms with Crippen LogP contribution in [0.1, 0.15) is 5.56 Å². The molecule has 0 spiro atoms. The van der Waals surface area contributed by atoms with Crippen molar-refractivity contribution in [3.63, 3.8) is 0 Å². The van der Waals surface area contributed by atoms with E-state index in [9.17, 15) is 4.79 Å². The molecule has 18 heavy (non-hydrogen) atoms. The molecule has 0 bridgehead atoms. The maximum absolute atomic E-state index is 11.6. The van der Waals surface area contributed by atoms with Crippen molar-refractivity contribution in [3.05, 3.63) is 57.9 Å². The van der Waals surface area contributed by atoms with Crippen LogP contribution in [0.5, 0.6) is 0 Å². The summed E-state index contributed by atoms with van der Waals surface area (Å²) in [5, 5.41) is 7.24. The number of nitrogens with one attached hydrogen (secondary N) is 1. The molecule has 0 radical (unpaired) electrons. The third kappa shape index (κ3) is 4.22. The lowest BCUT2D eigenvalue weighted by Gasteiger charge is -1.99. The fourth-order valence-electron chi connectivity index (χ4n) is 1.21. The summed E-state index contributed by atoms with van der Waals surface area (Å²) >= 11 is 8.52. The Labute approximate surface area is 119 Å². The quantitative estimate of drug-likeness (QED) is 0.818. The van der Waals surface area contributed by atoms with Crippen LogP contribution in [0.3, 0.4) is 0 Å². The minimum absolute atomic E-state index is 0.121. The lowest BCUT2D eigenvalue weighted by atomic mass is 10.3. The van der Waals surface area contributed by atoms with E-state index in [1.807, 2.05) is 35.0 Å². The first-order chi connectivity index (χ1) is 8.74. The summed E-state index contributed by atoms with van der Waals surface area (Å²) in [5.74, 6) is 0. The number of rotatable bonds is 3. The van der Waals surface area contributed by atoms with Crippen molar-refractivity contribution in [1.29, 1.82) is 0 Å². The van der Waals surface area contributed by atoms with E-state index >= 15 is 0 Å². The molecular formula is C13H10ClNOS2. The molecule has 0 aliphatic rings. The van der Waals surface area contributed by atoms with Gasteiger partial charge in [-0.2, -0.15) is 11.3 Å². The molecule has 0 unspecified atom stereocenters. The Morgan fingerprint density at radius 3 is 2.72 bits per heavy atom. The molecule has 2 nitrogen and oxygen atoms in total. The number of carbonyl (C=O) groups excluding carboxylic acids is 1.